The van der Waals surface area contributed by atoms with Gasteiger partial charge in [-0.15, -0.1) is 4.40 Å². The van der Waals surface area contributed by atoms with Gasteiger partial charge in [0.1, 0.15) is 10.7 Å². The van der Waals surface area contributed by atoms with Gasteiger partial charge >= 0.3 is 0 Å². The Morgan fingerprint density at radius 3 is 2.57 bits per heavy atom. The summed E-state index contributed by atoms with van der Waals surface area (Å²) < 4.78 is 42.1. The number of anilines is 1. The number of fused-ring (bicyclic) bond motifs is 1. The van der Waals surface area contributed by atoms with Crippen LogP contribution in [0.5, 0.6) is 0 Å². The van der Waals surface area contributed by atoms with Crippen LogP contribution in [0.2, 0.25) is 0 Å². The van der Waals surface area contributed by atoms with Crippen molar-refractivity contribution in [2.75, 3.05) is 5.32 Å². The van der Waals surface area contributed by atoms with Crippen LogP contribution in [0.3, 0.4) is 0 Å². The van der Waals surface area contributed by atoms with Crippen molar-refractivity contribution in [3.63, 3.8) is 0 Å². The first-order chi connectivity index (χ1) is 11.0. The van der Waals surface area contributed by atoms with E-state index in [4.69, 9.17) is 11.6 Å². The zero-order valence-corrected chi connectivity index (χ0v) is 13.5. The van der Waals surface area contributed by atoms with Gasteiger partial charge in [0, 0.05) is 5.56 Å². The van der Waals surface area contributed by atoms with E-state index >= 15 is 0 Å². The van der Waals surface area contributed by atoms with Crippen molar-refractivity contribution >= 4 is 32.6 Å². The SMILES string of the molecule is O=S1(=O)N=C(Cl)Nc2c(-c3cccc(F)c3C3CC3)cccc21. The third-order valence-corrected chi connectivity index (χ3v) is 5.66. The molecule has 0 amide bonds. The molecule has 0 saturated heterocycles. The van der Waals surface area contributed by atoms with Crippen LogP contribution in [0.4, 0.5) is 10.1 Å². The van der Waals surface area contributed by atoms with E-state index in [1.807, 2.05) is 0 Å². The van der Waals surface area contributed by atoms with Crippen LogP contribution < -0.4 is 5.32 Å². The summed E-state index contributed by atoms with van der Waals surface area (Å²) in [5.74, 6) is -0.0765. The Bertz CT molecular complexity index is 953. The molecule has 0 aromatic heterocycles. The number of sulfonamides is 1. The van der Waals surface area contributed by atoms with Gasteiger partial charge in [-0.2, -0.15) is 8.42 Å². The molecule has 0 bridgehead atoms. The Morgan fingerprint density at radius 1 is 1.13 bits per heavy atom. The second-order valence-corrected chi connectivity index (χ2v) is 7.57. The standard InChI is InChI=1S/C16H12ClFN2O2S/c17-16-19-15-11(4-2-6-13(15)23(21,22)20-16)10-3-1-5-12(18)14(10)9-7-8-9/h1-6,9H,7-8H2,(H,19,20). The topological polar surface area (TPSA) is 58.5 Å². The summed E-state index contributed by atoms with van der Waals surface area (Å²) >= 11 is 5.82. The van der Waals surface area contributed by atoms with Gasteiger partial charge in [-0.25, -0.2) is 4.39 Å². The van der Waals surface area contributed by atoms with Crippen molar-refractivity contribution in [3.05, 3.63) is 47.8 Å². The average molecular weight is 351 g/mol. The zero-order chi connectivity index (χ0) is 16.2. The summed E-state index contributed by atoms with van der Waals surface area (Å²) in [5, 5.41) is 2.59. The van der Waals surface area contributed by atoms with Crippen LogP contribution in [0.1, 0.15) is 24.3 Å². The van der Waals surface area contributed by atoms with Gasteiger partial charge in [0.15, 0.2) is 0 Å². The first-order valence-corrected chi connectivity index (χ1v) is 8.98. The molecule has 0 spiro atoms. The number of amidine groups is 1. The fraction of sp³-hybridized carbons (Fsp3) is 0.188. The molecular formula is C16H12ClFN2O2S. The highest BCUT2D eigenvalue weighted by Crippen LogP contribution is 2.48. The summed E-state index contributed by atoms with van der Waals surface area (Å²) in [6.07, 6.45) is 1.88. The van der Waals surface area contributed by atoms with E-state index in [1.165, 1.54) is 12.1 Å². The van der Waals surface area contributed by atoms with Crippen molar-refractivity contribution in [1.29, 1.82) is 0 Å². The molecule has 2 aromatic rings. The van der Waals surface area contributed by atoms with E-state index in [-0.39, 0.29) is 21.9 Å². The molecule has 4 rings (SSSR count). The van der Waals surface area contributed by atoms with Gasteiger partial charge in [-0.1, -0.05) is 24.3 Å². The summed E-state index contributed by atoms with van der Waals surface area (Å²) in [6, 6.07) is 9.72. The minimum Gasteiger partial charge on any atom is -0.328 e. The molecule has 7 heteroatoms. The Morgan fingerprint density at radius 2 is 1.83 bits per heavy atom. The third-order valence-electron chi connectivity index (χ3n) is 4.06. The predicted molar refractivity (Wildman–Crippen MR) is 87.9 cm³/mol. The largest absolute Gasteiger partial charge is 0.328 e. The highest BCUT2D eigenvalue weighted by molar-refractivity contribution is 7.90. The van der Waals surface area contributed by atoms with E-state index < -0.39 is 10.0 Å². The van der Waals surface area contributed by atoms with Crippen molar-refractivity contribution < 1.29 is 12.8 Å². The molecule has 1 N–H and O–H groups in total. The maximum atomic E-state index is 14.3. The van der Waals surface area contributed by atoms with E-state index in [9.17, 15) is 12.8 Å². The minimum atomic E-state index is -3.85. The van der Waals surface area contributed by atoms with E-state index in [0.717, 1.165) is 12.8 Å². The second-order valence-electron chi connectivity index (χ2n) is 5.64. The molecule has 4 nitrogen and oxygen atoms in total. The first kappa shape index (κ1) is 14.7. The summed E-state index contributed by atoms with van der Waals surface area (Å²) in [5.41, 5.74) is 2.29. The van der Waals surface area contributed by atoms with E-state index in [0.29, 0.717) is 22.4 Å². The minimum absolute atomic E-state index is 0.0467. The number of nitrogens with one attached hydrogen (secondary N) is 1. The number of nitrogens with zero attached hydrogens (tertiary/aromatic N) is 1. The highest BCUT2D eigenvalue weighted by Gasteiger charge is 2.32. The van der Waals surface area contributed by atoms with Gasteiger partial charge in [0.05, 0.1) is 5.69 Å². The maximum Gasteiger partial charge on any atom is 0.287 e. The van der Waals surface area contributed by atoms with Crippen molar-refractivity contribution in [2.24, 2.45) is 4.40 Å². The Labute approximate surface area is 138 Å². The Hall–Kier alpha value is -1.92. The lowest BCUT2D eigenvalue weighted by Gasteiger charge is -2.20. The molecule has 1 fully saturated rings. The monoisotopic (exact) mass is 350 g/mol. The molecule has 2 aliphatic rings. The van der Waals surface area contributed by atoms with Crippen LogP contribution in [0.15, 0.2) is 45.7 Å². The quantitative estimate of drug-likeness (QED) is 0.830. The number of para-hydroxylation sites is 1. The van der Waals surface area contributed by atoms with Crippen molar-refractivity contribution in [3.8, 4) is 11.1 Å². The number of hydrogen-bond donors (Lipinski definition) is 1. The maximum absolute atomic E-state index is 14.3. The molecule has 0 atom stereocenters. The molecule has 1 aliphatic carbocycles. The predicted octanol–water partition coefficient (Wildman–Crippen LogP) is 4.08. The molecular weight excluding hydrogens is 339 g/mol. The van der Waals surface area contributed by atoms with Crippen molar-refractivity contribution in [2.45, 2.75) is 23.7 Å². The van der Waals surface area contributed by atoms with E-state index in [2.05, 4.69) is 9.71 Å². The smallest absolute Gasteiger partial charge is 0.287 e. The van der Waals surface area contributed by atoms with Crippen molar-refractivity contribution in [1.82, 2.24) is 0 Å². The molecule has 0 radical (unpaired) electrons. The number of hydrogen-bond acceptors (Lipinski definition) is 3. The zero-order valence-electron chi connectivity index (χ0n) is 11.9. The van der Waals surface area contributed by atoms with Crippen LogP contribution in [0.25, 0.3) is 11.1 Å². The Kier molecular flexibility index (Phi) is 3.21. The van der Waals surface area contributed by atoms with Gasteiger partial charge in [0.25, 0.3) is 10.0 Å². The summed E-state index contributed by atoms with van der Waals surface area (Å²) in [4.78, 5) is 0.0467. The first-order valence-electron chi connectivity index (χ1n) is 7.16. The van der Waals surface area contributed by atoms with Crippen LogP contribution in [0, 0.1) is 5.82 Å². The molecule has 1 heterocycles. The van der Waals surface area contributed by atoms with Gasteiger partial charge in [0.2, 0.25) is 5.29 Å². The lowest BCUT2D eigenvalue weighted by atomic mass is 9.95. The number of benzene rings is 2. The average Bonchev–Trinajstić information content (AvgIpc) is 3.30. The fourth-order valence-corrected chi connectivity index (χ4v) is 4.33. The Balaban J connectivity index is 1.99. The summed E-state index contributed by atoms with van der Waals surface area (Å²) in [6.45, 7) is 0. The summed E-state index contributed by atoms with van der Waals surface area (Å²) in [7, 11) is -3.85. The lowest BCUT2D eigenvalue weighted by molar-refractivity contribution is 0.598. The number of rotatable bonds is 2. The lowest BCUT2D eigenvalue weighted by Crippen LogP contribution is -2.17. The highest BCUT2D eigenvalue weighted by atomic mass is 35.5. The van der Waals surface area contributed by atoms with Gasteiger partial charge in [-0.3, -0.25) is 0 Å². The molecule has 0 unspecified atom stereocenters. The third kappa shape index (κ3) is 2.42. The van der Waals surface area contributed by atoms with Gasteiger partial charge in [-0.05, 0) is 53.6 Å². The molecule has 118 valence electrons. The van der Waals surface area contributed by atoms with Gasteiger partial charge < -0.3 is 5.32 Å². The molecule has 2 aromatic carbocycles. The normalized spacial score (nSPS) is 18.8. The van der Waals surface area contributed by atoms with E-state index in [1.54, 1.807) is 24.3 Å². The molecule has 1 aliphatic heterocycles. The van der Waals surface area contributed by atoms with Crippen LogP contribution >= 0.6 is 11.6 Å². The van der Waals surface area contributed by atoms with Crippen LogP contribution in [-0.4, -0.2) is 13.7 Å². The second kappa shape index (κ2) is 5.04. The fourth-order valence-electron chi connectivity index (χ4n) is 2.94. The molecule has 23 heavy (non-hydrogen) atoms. The number of halogens is 2. The van der Waals surface area contributed by atoms with Crippen LogP contribution in [-0.2, 0) is 10.0 Å². The molecule has 1 saturated carbocycles.